The predicted octanol–water partition coefficient (Wildman–Crippen LogP) is 3.41. The molecule has 1 aliphatic heterocycles. The fraction of sp³-hybridized carbons (Fsp3) is 0.450. The molecule has 1 aromatic carbocycles. The lowest BCUT2D eigenvalue weighted by Crippen LogP contribution is -2.38. The number of hydrogen-bond donors (Lipinski definition) is 1. The summed E-state index contributed by atoms with van der Waals surface area (Å²) in [4.78, 5) is 16.4. The number of likely N-dealkylation sites (tertiary alicyclic amines) is 1. The number of nitrogens with one attached hydrogen (secondary N) is 1. The van der Waals surface area contributed by atoms with Gasteiger partial charge in [-0.25, -0.2) is 0 Å². The first-order valence-corrected chi connectivity index (χ1v) is 9.82. The second kappa shape index (κ2) is 9.05. The van der Waals surface area contributed by atoms with Crippen molar-refractivity contribution in [1.29, 1.82) is 0 Å². The van der Waals surface area contributed by atoms with Crippen LogP contribution >= 0.6 is 11.3 Å². The largest absolute Gasteiger partial charge is 0.497 e. The first kappa shape index (κ1) is 18.7. The zero-order valence-corrected chi connectivity index (χ0v) is 16.2. The fourth-order valence-electron chi connectivity index (χ4n) is 3.29. The maximum absolute atomic E-state index is 12.5. The molecule has 0 radical (unpaired) electrons. The first-order chi connectivity index (χ1) is 12.7. The van der Waals surface area contributed by atoms with Gasteiger partial charge in [0.05, 0.1) is 19.8 Å². The van der Waals surface area contributed by atoms with Crippen molar-refractivity contribution < 1.29 is 14.3 Å². The van der Waals surface area contributed by atoms with Crippen molar-refractivity contribution in [2.45, 2.75) is 19.4 Å². The minimum Gasteiger partial charge on any atom is -0.497 e. The summed E-state index contributed by atoms with van der Waals surface area (Å²) in [6.07, 6.45) is 2.23. The number of piperidine rings is 1. The molecule has 5 nitrogen and oxygen atoms in total. The molecule has 6 heteroatoms. The SMILES string of the molecule is COc1ccc(C(=O)NCC2CCN(Cc3cccs3)CC2)c(OC)c1. The van der Waals surface area contributed by atoms with Gasteiger partial charge in [-0.1, -0.05) is 6.07 Å². The molecule has 0 spiro atoms. The smallest absolute Gasteiger partial charge is 0.255 e. The molecule has 1 amide bonds. The zero-order valence-electron chi connectivity index (χ0n) is 15.4. The van der Waals surface area contributed by atoms with Crippen LogP contribution in [0.5, 0.6) is 11.5 Å². The van der Waals surface area contributed by atoms with E-state index in [1.165, 1.54) is 4.88 Å². The van der Waals surface area contributed by atoms with Gasteiger partial charge in [0.2, 0.25) is 0 Å². The van der Waals surface area contributed by atoms with E-state index in [1.807, 2.05) is 11.3 Å². The highest BCUT2D eigenvalue weighted by Crippen LogP contribution is 2.25. The Morgan fingerprint density at radius 1 is 1.23 bits per heavy atom. The predicted molar refractivity (Wildman–Crippen MR) is 104 cm³/mol. The van der Waals surface area contributed by atoms with Crippen LogP contribution in [0.3, 0.4) is 0 Å². The molecule has 0 unspecified atom stereocenters. The van der Waals surface area contributed by atoms with Crippen molar-refractivity contribution in [2.75, 3.05) is 33.9 Å². The molecule has 26 heavy (non-hydrogen) atoms. The van der Waals surface area contributed by atoms with Gasteiger partial charge in [-0.15, -0.1) is 11.3 Å². The number of carbonyl (C=O) groups is 1. The summed E-state index contributed by atoms with van der Waals surface area (Å²) in [7, 11) is 3.16. The Labute approximate surface area is 158 Å². The Kier molecular flexibility index (Phi) is 6.52. The van der Waals surface area contributed by atoms with Gasteiger partial charge in [0.15, 0.2) is 0 Å². The highest BCUT2D eigenvalue weighted by molar-refractivity contribution is 7.09. The molecule has 0 atom stereocenters. The van der Waals surface area contributed by atoms with Crippen molar-refractivity contribution in [3.8, 4) is 11.5 Å². The molecule has 2 heterocycles. The van der Waals surface area contributed by atoms with E-state index in [0.29, 0.717) is 29.5 Å². The van der Waals surface area contributed by atoms with E-state index in [4.69, 9.17) is 9.47 Å². The van der Waals surface area contributed by atoms with Crippen LogP contribution in [0.2, 0.25) is 0 Å². The monoisotopic (exact) mass is 374 g/mol. The van der Waals surface area contributed by atoms with E-state index in [9.17, 15) is 4.79 Å². The van der Waals surface area contributed by atoms with Crippen LogP contribution in [0, 0.1) is 5.92 Å². The Morgan fingerprint density at radius 2 is 2.04 bits per heavy atom. The topological polar surface area (TPSA) is 50.8 Å². The summed E-state index contributed by atoms with van der Waals surface area (Å²) in [6.45, 7) is 3.93. The molecular weight excluding hydrogens is 348 g/mol. The minimum atomic E-state index is -0.0921. The quantitative estimate of drug-likeness (QED) is 0.807. The lowest BCUT2D eigenvalue weighted by molar-refractivity contribution is 0.0932. The Balaban J connectivity index is 1.47. The zero-order chi connectivity index (χ0) is 18.4. The van der Waals surface area contributed by atoms with Crippen LogP contribution in [0.25, 0.3) is 0 Å². The van der Waals surface area contributed by atoms with E-state index < -0.39 is 0 Å². The average molecular weight is 375 g/mol. The van der Waals surface area contributed by atoms with Crippen molar-refractivity contribution in [3.63, 3.8) is 0 Å². The normalized spacial score (nSPS) is 15.6. The standard InChI is InChI=1S/C20H26N2O3S/c1-24-16-5-6-18(19(12-16)25-2)20(23)21-13-15-7-9-22(10-8-15)14-17-4-3-11-26-17/h3-6,11-12,15H,7-10,13-14H2,1-2H3,(H,21,23). The van der Waals surface area contributed by atoms with Crippen molar-refractivity contribution in [2.24, 2.45) is 5.92 Å². The second-order valence-electron chi connectivity index (χ2n) is 6.58. The Bertz CT molecular complexity index is 710. The van der Waals surface area contributed by atoms with Crippen molar-refractivity contribution >= 4 is 17.2 Å². The van der Waals surface area contributed by atoms with E-state index in [-0.39, 0.29) is 5.91 Å². The molecule has 2 aromatic rings. The molecule has 140 valence electrons. The Hall–Kier alpha value is -2.05. The van der Waals surface area contributed by atoms with E-state index >= 15 is 0 Å². The molecule has 1 aliphatic rings. The van der Waals surface area contributed by atoms with Crippen LogP contribution in [-0.4, -0.2) is 44.7 Å². The third-order valence-corrected chi connectivity index (χ3v) is 5.73. The van der Waals surface area contributed by atoms with Crippen LogP contribution in [0.1, 0.15) is 28.1 Å². The molecule has 1 fully saturated rings. The third kappa shape index (κ3) is 4.77. The number of nitrogens with zero attached hydrogens (tertiary/aromatic N) is 1. The molecule has 0 aliphatic carbocycles. The van der Waals surface area contributed by atoms with Gasteiger partial charge in [0.25, 0.3) is 5.91 Å². The number of methoxy groups -OCH3 is 2. The number of ether oxygens (including phenoxy) is 2. The third-order valence-electron chi connectivity index (χ3n) is 4.87. The lowest BCUT2D eigenvalue weighted by atomic mass is 9.96. The minimum absolute atomic E-state index is 0.0921. The summed E-state index contributed by atoms with van der Waals surface area (Å²) in [5.41, 5.74) is 0.545. The first-order valence-electron chi connectivity index (χ1n) is 8.94. The fourth-order valence-corrected chi connectivity index (χ4v) is 4.04. The molecular formula is C20H26N2O3S. The average Bonchev–Trinajstić information content (AvgIpc) is 3.19. The number of benzene rings is 1. The highest BCUT2D eigenvalue weighted by Gasteiger charge is 2.21. The summed E-state index contributed by atoms with van der Waals surface area (Å²) in [5, 5.41) is 5.20. The molecule has 3 rings (SSSR count). The van der Waals surface area contributed by atoms with Gasteiger partial charge < -0.3 is 14.8 Å². The number of thiophene rings is 1. The van der Waals surface area contributed by atoms with Gasteiger partial charge in [-0.3, -0.25) is 9.69 Å². The number of amides is 1. The van der Waals surface area contributed by atoms with E-state index in [0.717, 1.165) is 32.5 Å². The maximum atomic E-state index is 12.5. The highest BCUT2D eigenvalue weighted by atomic mass is 32.1. The van der Waals surface area contributed by atoms with E-state index in [1.54, 1.807) is 32.4 Å². The summed E-state index contributed by atoms with van der Waals surface area (Å²) in [6, 6.07) is 9.56. The molecule has 1 saturated heterocycles. The number of carbonyl (C=O) groups excluding carboxylic acids is 1. The Morgan fingerprint density at radius 3 is 2.69 bits per heavy atom. The van der Waals surface area contributed by atoms with Crippen LogP contribution < -0.4 is 14.8 Å². The van der Waals surface area contributed by atoms with Gasteiger partial charge in [0, 0.05) is 24.0 Å². The molecule has 1 N–H and O–H groups in total. The molecule has 0 saturated carbocycles. The summed E-state index contributed by atoms with van der Waals surface area (Å²) < 4.78 is 10.5. The summed E-state index contributed by atoms with van der Waals surface area (Å²) >= 11 is 1.82. The van der Waals surface area contributed by atoms with Crippen molar-refractivity contribution in [1.82, 2.24) is 10.2 Å². The number of rotatable bonds is 7. The lowest BCUT2D eigenvalue weighted by Gasteiger charge is -2.31. The second-order valence-corrected chi connectivity index (χ2v) is 7.61. The molecule has 0 bridgehead atoms. The van der Waals surface area contributed by atoms with Gasteiger partial charge in [-0.2, -0.15) is 0 Å². The number of hydrogen-bond acceptors (Lipinski definition) is 5. The van der Waals surface area contributed by atoms with Crippen molar-refractivity contribution in [3.05, 3.63) is 46.2 Å². The maximum Gasteiger partial charge on any atom is 0.255 e. The van der Waals surface area contributed by atoms with Crippen LogP contribution in [0.4, 0.5) is 0 Å². The van der Waals surface area contributed by atoms with Crippen LogP contribution in [-0.2, 0) is 6.54 Å². The van der Waals surface area contributed by atoms with Crippen LogP contribution in [0.15, 0.2) is 35.7 Å². The van der Waals surface area contributed by atoms with E-state index in [2.05, 4.69) is 27.7 Å². The van der Waals surface area contributed by atoms with Gasteiger partial charge >= 0.3 is 0 Å². The molecule has 1 aromatic heterocycles. The summed E-state index contributed by atoms with van der Waals surface area (Å²) in [5.74, 6) is 1.65. The van der Waals surface area contributed by atoms with Gasteiger partial charge in [0.1, 0.15) is 11.5 Å². The van der Waals surface area contributed by atoms with Gasteiger partial charge in [-0.05, 0) is 55.4 Å².